The van der Waals surface area contributed by atoms with Crippen LogP contribution in [0, 0.1) is 5.41 Å². The highest BCUT2D eigenvalue weighted by Crippen LogP contribution is 2.28. The van der Waals surface area contributed by atoms with Crippen molar-refractivity contribution in [1.29, 1.82) is 0 Å². The fourth-order valence-electron chi connectivity index (χ4n) is 2.64. The first-order valence-electron chi connectivity index (χ1n) is 7.15. The second-order valence-corrected chi connectivity index (χ2v) is 5.61. The van der Waals surface area contributed by atoms with E-state index in [0.29, 0.717) is 11.5 Å². The van der Waals surface area contributed by atoms with Crippen molar-refractivity contribution >= 4 is 0 Å². The molecule has 0 spiro atoms. The van der Waals surface area contributed by atoms with Crippen molar-refractivity contribution in [3.8, 4) is 0 Å². The Labute approximate surface area is 107 Å². The third kappa shape index (κ3) is 5.36. The van der Waals surface area contributed by atoms with Crippen LogP contribution in [0.25, 0.3) is 0 Å². The Kier molecular flexibility index (Phi) is 7.09. The molecule has 0 saturated carbocycles. The predicted molar refractivity (Wildman–Crippen MR) is 73.4 cm³/mol. The summed E-state index contributed by atoms with van der Waals surface area (Å²) in [6.07, 6.45) is 6.37. The fraction of sp³-hybridized carbons (Fsp3) is 1.00. The maximum atomic E-state index is 5.43. The van der Waals surface area contributed by atoms with Crippen LogP contribution in [-0.4, -0.2) is 39.4 Å². The molecule has 0 amide bonds. The molecule has 17 heavy (non-hydrogen) atoms. The van der Waals surface area contributed by atoms with Crippen LogP contribution in [0.2, 0.25) is 0 Å². The number of hydrogen-bond donors (Lipinski definition) is 2. The van der Waals surface area contributed by atoms with Gasteiger partial charge in [0.1, 0.15) is 0 Å². The second-order valence-electron chi connectivity index (χ2n) is 5.61. The van der Waals surface area contributed by atoms with Crippen LogP contribution in [0.3, 0.4) is 0 Å². The van der Waals surface area contributed by atoms with Gasteiger partial charge in [-0.2, -0.15) is 0 Å². The van der Waals surface area contributed by atoms with Crippen LogP contribution in [-0.2, 0) is 4.74 Å². The average molecular weight is 242 g/mol. The molecule has 1 aliphatic heterocycles. The van der Waals surface area contributed by atoms with E-state index in [4.69, 9.17) is 4.74 Å². The Bertz CT molecular complexity index is 185. The van der Waals surface area contributed by atoms with E-state index >= 15 is 0 Å². The Morgan fingerprint density at radius 2 is 2.06 bits per heavy atom. The number of piperidine rings is 1. The van der Waals surface area contributed by atoms with E-state index in [0.717, 1.165) is 26.2 Å². The monoisotopic (exact) mass is 242 g/mol. The molecule has 0 aromatic rings. The van der Waals surface area contributed by atoms with Gasteiger partial charge in [-0.05, 0) is 39.3 Å². The summed E-state index contributed by atoms with van der Waals surface area (Å²) in [6, 6.07) is 0.638. The van der Waals surface area contributed by atoms with Crippen LogP contribution < -0.4 is 10.6 Å². The normalized spacial score (nSPS) is 21.4. The topological polar surface area (TPSA) is 33.3 Å². The summed E-state index contributed by atoms with van der Waals surface area (Å²) in [5.74, 6) is 0. The van der Waals surface area contributed by atoms with Gasteiger partial charge >= 0.3 is 0 Å². The number of rotatable bonds is 8. The van der Waals surface area contributed by atoms with Gasteiger partial charge in [-0.1, -0.05) is 19.8 Å². The Morgan fingerprint density at radius 1 is 1.35 bits per heavy atom. The first kappa shape index (κ1) is 14.9. The van der Waals surface area contributed by atoms with Gasteiger partial charge in [0.15, 0.2) is 0 Å². The maximum Gasteiger partial charge on any atom is 0.0531 e. The molecule has 1 heterocycles. The molecule has 1 fully saturated rings. The largest absolute Gasteiger partial charge is 0.384 e. The van der Waals surface area contributed by atoms with Crippen molar-refractivity contribution in [2.45, 2.75) is 52.0 Å². The van der Waals surface area contributed by atoms with Crippen molar-refractivity contribution in [2.75, 3.05) is 33.4 Å². The van der Waals surface area contributed by atoms with Gasteiger partial charge in [-0.25, -0.2) is 0 Å². The predicted octanol–water partition coefficient (Wildman–Crippen LogP) is 2.17. The Morgan fingerprint density at radius 3 is 2.65 bits per heavy atom. The van der Waals surface area contributed by atoms with Crippen LogP contribution in [0.1, 0.15) is 46.0 Å². The molecule has 0 radical (unpaired) electrons. The molecule has 0 bridgehead atoms. The van der Waals surface area contributed by atoms with E-state index in [1.807, 2.05) is 7.11 Å². The highest BCUT2D eigenvalue weighted by molar-refractivity contribution is 4.87. The highest BCUT2D eigenvalue weighted by Gasteiger charge is 2.31. The third-order valence-electron chi connectivity index (χ3n) is 3.93. The minimum Gasteiger partial charge on any atom is -0.384 e. The molecule has 1 saturated heterocycles. The van der Waals surface area contributed by atoms with Crippen molar-refractivity contribution in [2.24, 2.45) is 5.41 Å². The molecule has 2 N–H and O–H groups in total. The third-order valence-corrected chi connectivity index (χ3v) is 3.93. The first-order valence-corrected chi connectivity index (χ1v) is 7.15. The summed E-state index contributed by atoms with van der Waals surface area (Å²) < 4.78 is 5.43. The summed E-state index contributed by atoms with van der Waals surface area (Å²) in [4.78, 5) is 0. The molecule has 1 unspecified atom stereocenters. The molecule has 1 rings (SSSR count). The number of nitrogens with one attached hydrogen (secondary N) is 2. The van der Waals surface area contributed by atoms with Crippen LogP contribution in [0.5, 0.6) is 0 Å². The quantitative estimate of drug-likeness (QED) is 0.684. The van der Waals surface area contributed by atoms with Gasteiger partial charge in [0.25, 0.3) is 0 Å². The van der Waals surface area contributed by atoms with E-state index < -0.39 is 0 Å². The zero-order chi connectivity index (χ0) is 12.6. The number of unbranched alkanes of at least 4 members (excludes halogenated alkanes) is 1. The Hall–Kier alpha value is -0.120. The van der Waals surface area contributed by atoms with Crippen LogP contribution in [0.15, 0.2) is 0 Å². The minimum absolute atomic E-state index is 0.362. The lowest BCUT2D eigenvalue weighted by atomic mass is 9.79. The Balaban J connectivity index is 2.33. The molecule has 3 nitrogen and oxygen atoms in total. The van der Waals surface area contributed by atoms with E-state index in [1.165, 1.54) is 32.1 Å². The van der Waals surface area contributed by atoms with Crippen molar-refractivity contribution < 1.29 is 4.74 Å². The number of methoxy groups -OCH3 is 1. The molecular weight excluding hydrogens is 212 g/mol. The summed E-state index contributed by atoms with van der Waals surface area (Å²) in [5.41, 5.74) is 0.362. The standard InChI is InChI=1S/C14H30N2O/c1-4-5-6-13(2)16-11-14(12-17-3)7-9-15-10-8-14/h13,15-16H,4-12H2,1-3H3. The smallest absolute Gasteiger partial charge is 0.0531 e. The van der Waals surface area contributed by atoms with Gasteiger partial charge in [-0.3, -0.25) is 0 Å². The molecule has 3 heteroatoms. The average Bonchev–Trinajstić information content (AvgIpc) is 2.35. The zero-order valence-corrected chi connectivity index (χ0v) is 11.8. The molecule has 1 aliphatic rings. The zero-order valence-electron chi connectivity index (χ0n) is 11.8. The van der Waals surface area contributed by atoms with Gasteiger partial charge in [0, 0.05) is 25.1 Å². The van der Waals surface area contributed by atoms with Crippen LogP contribution in [0.4, 0.5) is 0 Å². The van der Waals surface area contributed by atoms with E-state index in [9.17, 15) is 0 Å². The molecular formula is C14H30N2O. The number of hydrogen-bond acceptors (Lipinski definition) is 3. The second kappa shape index (κ2) is 8.06. The molecule has 0 aliphatic carbocycles. The fourth-order valence-corrected chi connectivity index (χ4v) is 2.64. The summed E-state index contributed by atoms with van der Waals surface area (Å²) >= 11 is 0. The van der Waals surface area contributed by atoms with Gasteiger partial charge in [0.2, 0.25) is 0 Å². The van der Waals surface area contributed by atoms with Crippen molar-refractivity contribution in [3.63, 3.8) is 0 Å². The van der Waals surface area contributed by atoms with Crippen LogP contribution >= 0.6 is 0 Å². The van der Waals surface area contributed by atoms with E-state index in [2.05, 4.69) is 24.5 Å². The lowest BCUT2D eigenvalue weighted by molar-refractivity contribution is 0.0516. The summed E-state index contributed by atoms with van der Waals surface area (Å²) in [6.45, 7) is 8.82. The number of ether oxygens (including phenoxy) is 1. The minimum atomic E-state index is 0.362. The molecule has 0 aromatic heterocycles. The summed E-state index contributed by atoms with van der Waals surface area (Å²) in [5, 5.41) is 7.14. The molecule has 1 atom stereocenters. The van der Waals surface area contributed by atoms with Crippen molar-refractivity contribution in [3.05, 3.63) is 0 Å². The van der Waals surface area contributed by atoms with E-state index in [-0.39, 0.29) is 0 Å². The lowest BCUT2D eigenvalue weighted by Crippen LogP contribution is -2.47. The highest BCUT2D eigenvalue weighted by atomic mass is 16.5. The molecule has 102 valence electrons. The maximum absolute atomic E-state index is 5.43. The lowest BCUT2D eigenvalue weighted by Gasteiger charge is -2.38. The van der Waals surface area contributed by atoms with Crippen molar-refractivity contribution in [1.82, 2.24) is 10.6 Å². The SMILES string of the molecule is CCCCC(C)NCC1(COC)CCNCC1. The first-order chi connectivity index (χ1) is 8.22. The summed E-state index contributed by atoms with van der Waals surface area (Å²) in [7, 11) is 1.82. The van der Waals surface area contributed by atoms with Gasteiger partial charge in [0.05, 0.1) is 6.61 Å². The van der Waals surface area contributed by atoms with E-state index in [1.54, 1.807) is 0 Å². The van der Waals surface area contributed by atoms with Gasteiger partial charge < -0.3 is 15.4 Å². The van der Waals surface area contributed by atoms with Gasteiger partial charge in [-0.15, -0.1) is 0 Å². The molecule has 0 aromatic carbocycles.